The third-order valence-electron chi connectivity index (χ3n) is 2.80. The van der Waals surface area contributed by atoms with E-state index in [1.807, 2.05) is 18.2 Å². The maximum Gasteiger partial charge on any atom is 0.129 e. The molecule has 0 atom stereocenters. The summed E-state index contributed by atoms with van der Waals surface area (Å²) in [6.07, 6.45) is 2.51. The van der Waals surface area contributed by atoms with Gasteiger partial charge in [-0.25, -0.2) is 4.39 Å². The van der Waals surface area contributed by atoms with Crippen LogP contribution in [0, 0.1) is 5.82 Å². The van der Waals surface area contributed by atoms with Crippen molar-refractivity contribution in [3.8, 4) is 0 Å². The van der Waals surface area contributed by atoms with Gasteiger partial charge in [0.05, 0.1) is 6.26 Å². The number of ether oxygens (including phenoxy) is 1. The Labute approximate surface area is 126 Å². The van der Waals surface area contributed by atoms with Gasteiger partial charge >= 0.3 is 0 Å². The van der Waals surface area contributed by atoms with Gasteiger partial charge in [-0.15, -0.1) is 0 Å². The van der Waals surface area contributed by atoms with Crippen LogP contribution >= 0.6 is 15.9 Å². The highest BCUT2D eigenvalue weighted by atomic mass is 79.9. The summed E-state index contributed by atoms with van der Waals surface area (Å²) in [7, 11) is 0. The van der Waals surface area contributed by atoms with Gasteiger partial charge in [-0.05, 0) is 37.2 Å². The first-order chi connectivity index (χ1) is 9.75. The normalized spacial score (nSPS) is 10.9. The van der Waals surface area contributed by atoms with Crippen LogP contribution < -0.4 is 5.32 Å². The van der Waals surface area contributed by atoms with Gasteiger partial charge in [-0.1, -0.05) is 22.0 Å². The Bertz CT molecular complexity index is 517. The van der Waals surface area contributed by atoms with Crippen LogP contribution in [0.4, 0.5) is 4.39 Å². The molecule has 0 saturated heterocycles. The second kappa shape index (κ2) is 8.19. The SMILES string of the molecule is Fc1cc(Br)ccc1CNCCCOCc1ccco1. The maximum atomic E-state index is 13.5. The predicted octanol–water partition coefficient (Wildman–Crippen LogP) is 3.88. The average molecular weight is 342 g/mol. The number of furan rings is 1. The first-order valence-corrected chi connectivity index (χ1v) is 7.30. The summed E-state index contributed by atoms with van der Waals surface area (Å²) in [5, 5.41) is 3.20. The molecule has 0 bridgehead atoms. The van der Waals surface area contributed by atoms with Gasteiger partial charge in [0, 0.05) is 23.2 Å². The molecule has 1 aromatic heterocycles. The number of nitrogens with one attached hydrogen (secondary N) is 1. The van der Waals surface area contributed by atoms with Crippen molar-refractivity contribution >= 4 is 15.9 Å². The smallest absolute Gasteiger partial charge is 0.129 e. The van der Waals surface area contributed by atoms with Crippen LogP contribution in [-0.4, -0.2) is 13.2 Å². The molecule has 108 valence electrons. The summed E-state index contributed by atoms with van der Waals surface area (Å²) in [5.41, 5.74) is 0.671. The number of halogens is 2. The zero-order valence-electron chi connectivity index (χ0n) is 11.1. The number of hydrogen-bond donors (Lipinski definition) is 1. The van der Waals surface area contributed by atoms with E-state index < -0.39 is 0 Å². The summed E-state index contributed by atoms with van der Waals surface area (Å²) in [6.45, 7) is 2.45. The van der Waals surface area contributed by atoms with Gasteiger partial charge in [0.2, 0.25) is 0 Å². The van der Waals surface area contributed by atoms with Crippen molar-refractivity contribution in [1.82, 2.24) is 5.32 Å². The zero-order chi connectivity index (χ0) is 14.2. The Hall–Kier alpha value is -1.17. The van der Waals surface area contributed by atoms with Crippen molar-refractivity contribution in [3.05, 3.63) is 58.2 Å². The summed E-state index contributed by atoms with van der Waals surface area (Å²) >= 11 is 3.24. The molecule has 0 saturated carbocycles. The van der Waals surface area contributed by atoms with E-state index in [-0.39, 0.29) is 5.82 Å². The zero-order valence-corrected chi connectivity index (χ0v) is 12.7. The minimum absolute atomic E-state index is 0.194. The molecule has 2 aromatic rings. The van der Waals surface area contributed by atoms with E-state index in [9.17, 15) is 4.39 Å². The van der Waals surface area contributed by atoms with Gasteiger partial charge in [-0.3, -0.25) is 0 Å². The Morgan fingerprint density at radius 1 is 1.30 bits per heavy atom. The van der Waals surface area contributed by atoms with Gasteiger partial charge in [-0.2, -0.15) is 0 Å². The van der Waals surface area contributed by atoms with E-state index in [4.69, 9.17) is 9.15 Å². The predicted molar refractivity (Wildman–Crippen MR) is 78.8 cm³/mol. The number of hydrogen-bond acceptors (Lipinski definition) is 3. The van der Waals surface area contributed by atoms with E-state index >= 15 is 0 Å². The molecule has 0 aliphatic heterocycles. The minimum atomic E-state index is -0.194. The van der Waals surface area contributed by atoms with E-state index in [0.29, 0.717) is 25.3 Å². The van der Waals surface area contributed by atoms with Crippen molar-refractivity contribution in [1.29, 1.82) is 0 Å². The first kappa shape index (κ1) is 15.2. The topological polar surface area (TPSA) is 34.4 Å². The molecule has 0 aliphatic carbocycles. The molecule has 0 fully saturated rings. The largest absolute Gasteiger partial charge is 0.467 e. The summed E-state index contributed by atoms with van der Waals surface area (Å²) in [6, 6.07) is 8.82. The lowest BCUT2D eigenvalue weighted by molar-refractivity contribution is 0.104. The molecule has 0 unspecified atom stereocenters. The first-order valence-electron chi connectivity index (χ1n) is 6.50. The molecule has 2 rings (SSSR count). The van der Waals surface area contributed by atoms with Gasteiger partial charge in [0.25, 0.3) is 0 Å². The molecule has 1 aromatic carbocycles. The standard InChI is InChI=1S/C15H17BrFNO2/c16-13-5-4-12(15(17)9-13)10-18-6-2-7-19-11-14-3-1-8-20-14/h1,3-5,8-9,18H,2,6-7,10-11H2. The molecule has 20 heavy (non-hydrogen) atoms. The molecule has 0 amide bonds. The van der Waals surface area contributed by atoms with Crippen molar-refractivity contribution in [2.24, 2.45) is 0 Å². The monoisotopic (exact) mass is 341 g/mol. The average Bonchev–Trinajstić information content (AvgIpc) is 2.93. The summed E-state index contributed by atoms with van der Waals surface area (Å²) in [5.74, 6) is 0.635. The fraction of sp³-hybridized carbons (Fsp3) is 0.333. The van der Waals surface area contributed by atoms with Crippen LogP contribution in [0.1, 0.15) is 17.7 Å². The van der Waals surface area contributed by atoms with Crippen LogP contribution in [0.25, 0.3) is 0 Å². The van der Waals surface area contributed by atoms with Crippen LogP contribution in [0.15, 0.2) is 45.5 Å². The highest BCUT2D eigenvalue weighted by Crippen LogP contribution is 2.14. The fourth-order valence-electron chi connectivity index (χ4n) is 1.75. The molecule has 0 radical (unpaired) electrons. The van der Waals surface area contributed by atoms with Crippen LogP contribution in [0.3, 0.4) is 0 Å². The summed E-state index contributed by atoms with van der Waals surface area (Å²) < 4.78 is 24.9. The van der Waals surface area contributed by atoms with Crippen LogP contribution in [0.2, 0.25) is 0 Å². The Morgan fingerprint density at radius 2 is 2.20 bits per heavy atom. The van der Waals surface area contributed by atoms with E-state index in [1.54, 1.807) is 12.3 Å². The fourth-order valence-corrected chi connectivity index (χ4v) is 2.09. The molecular formula is C15H17BrFNO2. The van der Waals surface area contributed by atoms with Crippen molar-refractivity contribution in [3.63, 3.8) is 0 Å². The van der Waals surface area contributed by atoms with Gasteiger partial charge in [0.1, 0.15) is 18.2 Å². The molecule has 3 nitrogen and oxygen atoms in total. The molecule has 1 heterocycles. The van der Waals surface area contributed by atoms with Gasteiger partial charge < -0.3 is 14.5 Å². The lowest BCUT2D eigenvalue weighted by atomic mass is 10.2. The highest BCUT2D eigenvalue weighted by Gasteiger charge is 2.02. The van der Waals surface area contributed by atoms with Crippen molar-refractivity contribution in [2.75, 3.05) is 13.2 Å². The van der Waals surface area contributed by atoms with Crippen LogP contribution in [-0.2, 0) is 17.9 Å². The number of rotatable bonds is 8. The van der Waals surface area contributed by atoms with Crippen LogP contribution in [0.5, 0.6) is 0 Å². The second-order valence-corrected chi connectivity index (χ2v) is 5.31. The summed E-state index contributed by atoms with van der Waals surface area (Å²) in [4.78, 5) is 0. The second-order valence-electron chi connectivity index (χ2n) is 4.40. The molecule has 5 heteroatoms. The Balaban J connectivity index is 1.55. The van der Waals surface area contributed by atoms with Crippen molar-refractivity contribution in [2.45, 2.75) is 19.6 Å². The van der Waals surface area contributed by atoms with Gasteiger partial charge in [0.15, 0.2) is 0 Å². The van der Waals surface area contributed by atoms with Crippen molar-refractivity contribution < 1.29 is 13.5 Å². The lowest BCUT2D eigenvalue weighted by Gasteiger charge is -2.06. The number of benzene rings is 1. The molecule has 0 aliphatic rings. The Kier molecular flexibility index (Phi) is 6.24. The highest BCUT2D eigenvalue weighted by molar-refractivity contribution is 9.10. The van der Waals surface area contributed by atoms with E-state index in [1.165, 1.54) is 6.07 Å². The Morgan fingerprint density at radius 3 is 2.95 bits per heavy atom. The minimum Gasteiger partial charge on any atom is -0.467 e. The van der Waals surface area contributed by atoms with E-state index in [2.05, 4.69) is 21.2 Å². The lowest BCUT2D eigenvalue weighted by Crippen LogP contribution is -2.17. The quantitative estimate of drug-likeness (QED) is 0.740. The maximum absolute atomic E-state index is 13.5. The molecular weight excluding hydrogens is 325 g/mol. The third-order valence-corrected chi connectivity index (χ3v) is 3.29. The molecule has 1 N–H and O–H groups in total. The van der Waals surface area contributed by atoms with E-state index in [0.717, 1.165) is 23.2 Å². The molecule has 0 spiro atoms. The third kappa shape index (κ3) is 5.07.